The molecule has 1 aliphatic rings. The van der Waals surface area contributed by atoms with Crippen LogP contribution in [0.2, 0.25) is 0 Å². The van der Waals surface area contributed by atoms with Crippen LogP contribution in [0.1, 0.15) is 16.7 Å². The third-order valence-electron chi connectivity index (χ3n) is 3.50. The van der Waals surface area contributed by atoms with Crippen molar-refractivity contribution in [2.75, 3.05) is 12.3 Å². The first-order valence-corrected chi connectivity index (χ1v) is 5.90. The van der Waals surface area contributed by atoms with Crippen LogP contribution < -0.4 is 5.73 Å². The number of nitrogen functional groups attached to an aromatic ring is 1. The Balaban J connectivity index is 2.20. The highest BCUT2D eigenvalue weighted by atomic mass is 16.2. The van der Waals surface area contributed by atoms with Gasteiger partial charge in [-0.2, -0.15) is 0 Å². The van der Waals surface area contributed by atoms with Crippen LogP contribution in [-0.4, -0.2) is 11.7 Å². The Kier molecular flexibility index (Phi) is 2.37. The first kappa shape index (κ1) is 10.4. The molecule has 0 heterocycles. The van der Waals surface area contributed by atoms with Gasteiger partial charge in [0.25, 0.3) is 0 Å². The van der Waals surface area contributed by atoms with Gasteiger partial charge in [-0.1, -0.05) is 30.3 Å². The summed E-state index contributed by atoms with van der Waals surface area (Å²) in [6, 6.07) is 12.5. The van der Waals surface area contributed by atoms with Crippen molar-refractivity contribution in [3.63, 3.8) is 0 Å². The van der Waals surface area contributed by atoms with Crippen LogP contribution in [0.4, 0.5) is 5.69 Å². The molecule has 3 N–H and O–H groups in total. The summed E-state index contributed by atoms with van der Waals surface area (Å²) in [5.41, 5.74) is 13.1. The van der Waals surface area contributed by atoms with Crippen LogP contribution in [0.15, 0.2) is 36.4 Å². The van der Waals surface area contributed by atoms with Gasteiger partial charge in [-0.15, -0.1) is 0 Å². The Morgan fingerprint density at radius 2 is 1.88 bits per heavy atom. The molecule has 17 heavy (non-hydrogen) atoms. The summed E-state index contributed by atoms with van der Waals surface area (Å²) in [5, 5.41) is 9.14. The standard InChI is InChI=1S/C15H15NO/c16-15-6-5-12-11-4-2-1-3-10(11)9-14(12)13(15)7-8-17/h1-6,17H,7-9,16H2. The number of fused-ring (bicyclic) bond motifs is 3. The predicted octanol–water partition coefficient (Wildman–Crippen LogP) is 2.37. The van der Waals surface area contributed by atoms with E-state index in [1.54, 1.807) is 0 Å². The smallest absolute Gasteiger partial charge is 0.0472 e. The molecule has 0 fully saturated rings. The molecule has 0 spiro atoms. The van der Waals surface area contributed by atoms with E-state index < -0.39 is 0 Å². The SMILES string of the molecule is Nc1ccc2c(c1CCO)Cc1ccccc1-2. The van der Waals surface area contributed by atoms with E-state index in [-0.39, 0.29) is 6.61 Å². The Morgan fingerprint density at radius 3 is 2.71 bits per heavy atom. The zero-order valence-corrected chi connectivity index (χ0v) is 9.61. The van der Waals surface area contributed by atoms with Crippen LogP contribution in [-0.2, 0) is 12.8 Å². The second kappa shape index (κ2) is 3.90. The second-order valence-electron chi connectivity index (χ2n) is 4.47. The molecular formula is C15H15NO. The normalized spacial score (nSPS) is 12.3. The Labute approximate surface area is 101 Å². The molecule has 0 aromatic heterocycles. The minimum absolute atomic E-state index is 0.150. The van der Waals surface area contributed by atoms with Crippen molar-refractivity contribution >= 4 is 5.69 Å². The number of rotatable bonds is 2. The highest BCUT2D eigenvalue weighted by molar-refractivity contribution is 5.80. The molecule has 2 aromatic carbocycles. The predicted molar refractivity (Wildman–Crippen MR) is 69.9 cm³/mol. The summed E-state index contributed by atoms with van der Waals surface area (Å²) >= 11 is 0. The van der Waals surface area contributed by atoms with E-state index in [0.29, 0.717) is 6.42 Å². The van der Waals surface area contributed by atoms with Crippen LogP contribution in [0, 0.1) is 0 Å². The van der Waals surface area contributed by atoms with Gasteiger partial charge < -0.3 is 10.8 Å². The van der Waals surface area contributed by atoms with E-state index in [9.17, 15) is 0 Å². The van der Waals surface area contributed by atoms with Gasteiger partial charge in [-0.3, -0.25) is 0 Å². The number of nitrogens with two attached hydrogens (primary N) is 1. The van der Waals surface area contributed by atoms with Gasteiger partial charge in [-0.25, -0.2) is 0 Å². The van der Waals surface area contributed by atoms with Crippen LogP contribution in [0.25, 0.3) is 11.1 Å². The lowest BCUT2D eigenvalue weighted by Crippen LogP contribution is -2.02. The van der Waals surface area contributed by atoms with Crippen LogP contribution >= 0.6 is 0 Å². The summed E-state index contributed by atoms with van der Waals surface area (Å²) in [6.07, 6.45) is 1.58. The molecule has 86 valence electrons. The molecule has 0 aliphatic heterocycles. The maximum Gasteiger partial charge on any atom is 0.0472 e. The molecule has 0 radical (unpaired) electrons. The molecule has 2 aromatic rings. The van der Waals surface area contributed by atoms with Crippen LogP contribution in [0.3, 0.4) is 0 Å². The third kappa shape index (κ3) is 1.53. The highest BCUT2D eigenvalue weighted by Gasteiger charge is 2.21. The summed E-state index contributed by atoms with van der Waals surface area (Å²) in [4.78, 5) is 0. The maximum atomic E-state index is 9.14. The van der Waals surface area contributed by atoms with Crippen molar-refractivity contribution in [2.45, 2.75) is 12.8 Å². The zero-order chi connectivity index (χ0) is 11.8. The molecule has 0 atom stereocenters. The lowest BCUT2D eigenvalue weighted by atomic mass is 9.97. The average Bonchev–Trinajstić information content (AvgIpc) is 2.72. The quantitative estimate of drug-likeness (QED) is 0.658. The van der Waals surface area contributed by atoms with Crippen molar-refractivity contribution < 1.29 is 5.11 Å². The van der Waals surface area contributed by atoms with E-state index >= 15 is 0 Å². The zero-order valence-electron chi connectivity index (χ0n) is 9.61. The average molecular weight is 225 g/mol. The molecule has 0 saturated heterocycles. The number of anilines is 1. The number of benzene rings is 2. The highest BCUT2D eigenvalue weighted by Crippen LogP contribution is 2.39. The van der Waals surface area contributed by atoms with Gasteiger partial charge in [-0.05, 0) is 46.7 Å². The summed E-state index contributed by atoms with van der Waals surface area (Å²) in [5.74, 6) is 0. The number of aliphatic hydroxyl groups excluding tert-OH is 1. The van der Waals surface area contributed by atoms with E-state index in [1.807, 2.05) is 6.07 Å². The molecule has 2 nitrogen and oxygen atoms in total. The summed E-state index contributed by atoms with van der Waals surface area (Å²) < 4.78 is 0. The topological polar surface area (TPSA) is 46.2 Å². The largest absolute Gasteiger partial charge is 0.398 e. The molecule has 0 amide bonds. The molecule has 3 rings (SSSR count). The first-order chi connectivity index (χ1) is 8.31. The summed E-state index contributed by atoms with van der Waals surface area (Å²) in [7, 11) is 0. The summed E-state index contributed by atoms with van der Waals surface area (Å²) in [6.45, 7) is 0.150. The van der Waals surface area contributed by atoms with Crippen molar-refractivity contribution in [3.05, 3.63) is 53.1 Å². The molecule has 2 heteroatoms. The molecule has 0 saturated carbocycles. The van der Waals surface area contributed by atoms with Gasteiger partial charge >= 0.3 is 0 Å². The number of aliphatic hydroxyl groups is 1. The van der Waals surface area contributed by atoms with E-state index in [0.717, 1.165) is 17.7 Å². The van der Waals surface area contributed by atoms with Gasteiger partial charge in [0.05, 0.1) is 0 Å². The second-order valence-corrected chi connectivity index (χ2v) is 4.47. The van der Waals surface area contributed by atoms with Gasteiger partial charge in [0.15, 0.2) is 0 Å². The van der Waals surface area contributed by atoms with E-state index in [4.69, 9.17) is 10.8 Å². The van der Waals surface area contributed by atoms with Crippen molar-refractivity contribution in [1.82, 2.24) is 0 Å². The number of hydrogen-bond donors (Lipinski definition) is 2. The van der Waals surface area contributed by atoms with Gasteiger partial charge in [0.1, 0.15) is 0 Å². The fourth-order valence-electron chi connectivity index (χ4n) is 2.70. The van der Waals surface area contributed by atoms with Crippen molar-refractivity contribution in [2.24, 2.45) is 0 Å². The fourth-order valence-corrected chi connectivity index (χ4v) is 2.70. The lowest BCUT2D eigenvalue weighted by molar-refractivity contribution is 0.299. The molecule has 0 bridgehead atoms. The molecular weight excluding hydrogens is 210 g/mol. The van der Waals surface area contributed by atoms with Crippen LogP contribution in [0.5, 0.6) is 0 Å². The minimum Gasteiger partial charge on any atom is -0.398 e. The van der Waals surface area contributed by atoms with E-state index in [1.165, 1.54) is 22.3 Å². The Hall–Kier alpha value is -1.80. The lowest BCUT2D eigenvalue weighted by Gasteiger charge is -2.10. The maximum absolute atomic E-state index is 9.14. The molecule has 0 unspecified atom stereocenters. The van der Waals surface area contributed by atoms with Gasteiger partial charge in [0.2, 0.25) is 0 Å². The van der Waals surface area contributed by atoms with Crippen molar-refractivity contribution in [3.8, 4) is 11.1 Å². The monoisotopic (exact) mass is 225 g/mol. The van der Waals surface area contributed by atoms with Crippen molar-refractivity contribution in [1.29, 1.82) is 0 Å². The first-order valence-electron chi connectivity index (χ1n) is 5.90. The third-order valence-corrected chi connectivity index (χ3v) is 3.50. The van der Waals surface area contributed by atoms with Gasteiger partial charge in [0, 0.05) is 12.3 Å². The fraction of sp³-hybridized carbons (Fsp3) is 0.200. The molecule has 1 aliphatic carbocycles. The minimum atomic E-state index is 0.150. The van der Waals surface area contributed by atoms with E-state index in [2.05, 4.69) is 30.3 Å². The Morgan fingerprint density at radius 1 is 1.06 bits per heavy atom. The Bertz CT molecular complexity index is 575. The number of hydrogen-bond acceptors (Lipinski definition) is 2.